The molecule has 0 unspecified atom stereocenters. The van der Waals surface area contributed by atoms with Gasteiger partial charge in [-0.25, -0.2) is 13.6 Å². The van der Waals surface area contributed by atoms with Crippen molar-refractivity contribution in [3.05, 3.63) is 22.6 Å². The van der Waals surface area contributed by atoms with Gasteiger partial charge in [0.05, 0.1) is 17.6 Å². The van der Waals surface area contributed by atoms with Crippen LogP contribution in [-0.2, 0) is 10.0 Å². The van der Waals surface area contributed by atoms with Crippen LogP contribution in [-0.4, -0.2) is 26.6 Å². The number of nitrogens with one attached hydrogen (secondary N) is 1. The summed E-state index contributed by atoms with van der Waals surface area (Å²) in [5, 5.41) is 7.36. The van der Waals surface area contributed by atoms with E-state index in [9.17, 15) is 13.2 Å². The lowest BCUT2D eigenvalue weighted by molar-refractivity contribution is 0.0952. The number of carbonyl (C=O) groups is 1. The molecular weight excluding hydrogens is 300 g/mol. The van der Waals surface area contributed by atoms with Crippen molar-refractivity contribution < 1.29 is 17.6 Å². The summed E-state index contributed by atoms with van der Waals surface area (Å²) in [5.41, 5.74) is 0.371. The van der Waals surface area contributed by atoms with E-state index in [1.165, 1.54) is 12.3 Å². The van der Waals surface area contributed by atoms with Crippen LogP contribution in [0.4, 0.5) is 0 Å². The van der Waals surface area contributed by atoms with Gasteiger partial charge in [-0.1, -0.05) is 0 Å². The molecule has 1 heterocycles. The topological polar surface area (TPSA) is 102 Å². The Labute approximate surface area is 101 Å². The smallest absolute Gasteiger partial charge is 0.255 e. The Bertz CT molecular complexity index is 468. The molecule has 16 heavy (non-hydrogen) atoms. The molecular formula is C8H11BrN2O4S. The number of halogens is 1. The van der Waals surface area contributed by atoms with Gasteiger partial charge in [0, 0.05) is 6.54 Å². The van der Waals surface area contributed by atoms with Crippen LogP contribution < -0.4 is 10.5 Å². The average Bonchev–Trinajstić information content (AvgIpc) is 2.57. The molecule has 0 bridgehead atoms. The van der Waals surface area contributed by atoms with E-state index < -0.39 is 10.0 Å². The Morgan fingerprint density at radius 3 is 2.75 bits per heavy atom. The van der Waals surface area contributed by atoms with Crippen LogP contribution >= 0.6 is 15.9 Å². The van der Waals surface area contributed by atoms with Crippen LogP contribution in [0.3, 0.4) is 0 Å². The minimum absolute atomic E-state index is 0.153. The number of primary sulfonamides is 1. The van der Waals surface area contributed by atoms with Crippen molar-refractivity contribution >= 4 is 31.9 Å². The van der Waals surface area contributed by atoms with Gasteiger partial charge in [0.2, 0.25) is 10.0 Å². The number of hydrogen-bond acceptors (Lipinski definition) is 4. The van der Waals surface area contributed by atoms with Gasteiger partial charge in [-0.15, -0.1) is 0 Å². The minimum Gasteiger partial charge on any atom is -0.457 e. The maximum Gasteiger partial charge on any atom is 0.255 e. The second kappa shape index (κ2) is 5.46. The Balaban J connectivity index is 2.35. The molecule has 0 saturated heterocycles. The Morgan fingerprint density at radius 2 is 2.25 bits per heavy atom. The quantitative estimate of drug-likeness (QED) is 0.771. The molecule has 0 spiro atoms. The van der Waals surface area contributed by atoms with E-state index in [1.54, 1.807) is 0 Å². The number of carbonyl (C=O) groups excluding carboxylic acids is 1. The number of amides is 1. The fraction of sp³-hybridized carbons (Fsp3) is 0.375. The highest BCUT2D eigenvalue weighted by molar-refractivity contribution is 9.10. The zero-order chi connectivity index (χ0) is 12.2. The molecule has 0 atom stereocenters. The van der Waals surface area contributed by atoms with Crippen LogP contribution in [0.5, 0.6) is 0 Å². The van der Waals surface area contributed by atoms with Crippen LogP contribution in [0.1, 0.15) is 16.8 Å². The SMILES string of the molecule is NS(=O)(=O)CCCNC(=O)c1ccoc1Br. The molecule has 90 valence electrons. The molecule has 1 aromatic heterocycles. The second-order valence-corrected chi connectivity index (χ2v) is 5.54. The molecule has 1 rings (SSSR count). The highest BCUT2D eigenvalue weighted by atomic mass is 79.9. The summed E-state index contributed by atoms with van der Waals surface area (Å²) in [6, 6.07) is 1.51. The van der Waals surface area contributed by atoms with Crippen molar-refractivity contribution in [3.8, 4) is 0 Å². The molecule has 0 aliphatic carbocycles. The van der Waals surface area contributed by atoms with Gasteiger partial charge in [-0.2, -0.15) is 0 Å². The third-order valence-corrected chi connectivity index (χ3v) is 3.23. The fourth-order valence-corrected chi connectivity index (χ4v) is 1.99. The summed E-state index contributed by atoms with van der Waals surface area (Å²) in [5.74, 6) is -0.477. The molecule has 0 aliphatic rings. The lowest BCUT2D eigenvalue weighted by atomic mass is 10.3. The highest BCUT2D eigenvalue weighted by Crippen LogP contribution is 2.16. The monoisotopic (exact) mass is 310 g/mol. The maximum absolute atomic E-state index is 11.5. The van der Waals surface area contributed by atoms with E-state index in [-0.39, 0.29) is 24.6 Å². The third kappa shape index (κ3) is 4.33. The molecule has 0 fully saturated rings. The van der Waals surface area contributed by atoms with Crippen molar-refractivity contribution in [2.24, 2.45) is 5.14 Å². The first-order chi connectivity index (χ1) is 7.40. The number of nitrogens with two attached hydrogens (primary N) is 1. The van der Waals surface area contributed by atoms with E-state index in [0.717, 1.165) is 0 Å². The predicted octanol–water partition coefficient (Wildman–Crippen LogP) is 0.451. The van der Waals surface area contributed by atoms with Crippen molar-refractivity contribution in [1.29, 1.82) is 0 Å². The van der Waals surface area contributed by atoms with Crippen LogP contribution in [0, 0.1) is 0 Å². The molecule has 0 aliphatic heterocycles. The van der Waals surface area contributed by atoms with Crippen molar-refractivity contribution in [2.45, 2.75) is 6.42 Å². The largest absolute Gasteiger partial charge is 0.457 e. The van der Waals surface area contributed by atoms with E-state index >= 15 is 0 Å². The van der Waals surface area contributed by atoms with Gasteiger partial charge in [0.1, 0.15) is 0 Å². The summed E-state index contributed by atoms with van der Waals surface area (Å²) in [4.78, 5) is 11.5. The molecule has 1 amide bonds. The Hall–Kier alpha value is -0.860. The Kier molecular flexibility index (Phi) is 4.51. The van der Waals surface area contributed by atoms with Crippen molar-refractivity contribution in [1.82, 2.24) is 5.32 Å². The maximum atomic E-state index is 11.5. The summed E-state index contributed by atoms with van der Waals surface area (Å²) in [6.07, 6.45) is 1.66. The van der Waals surface area contributed by atoms with E-state index in [4.69, 9.17) is 9.56 Å². The second-order valence-electron chi connectivity index (χ2n) is 3.08. The number of rotatable bonds is 5. The minimum atomic E-state index is -3.46. The van der Waals surface area contributed by atoms with Crippen molar-refractivity contribution in [2.75, 3.05) is 12.3 Å². The van der Waals surface area contributed by atoms with E-state index in [0.29, 0.717) is 10.2 Å². The molecule has 1 aromatic rings. The van der Waals surface area contributed by atoms with Crippen LogP contribution in [0.15, 0.2) is 21.4 Å². The lowest BCUT2D eigenvalue weighted by Crippen LogP contribution is -2.27. The van der Waals surface area contributed by atoms with Crippen molar-refractivity contribution in [3.63, 3.8) is 0 Å². The fourth-order valence-electron chi connectivity index (χ4n) is 1.03. The lowest BCUT2D eigenvalue weighted by Gasteiger charge is -2.02. The standard InChI is InChI=1S/C8H11BrN2O4S/c9-7-6(2-4-15-7)8(12)11-3-1-5-16(10,13)14/h2,4H,1,3,5H2,(H,11,12)(H2,10,13,14). The Morgan fingerprint density at radius 1 is 1.56 bits per heavy atom. The predicted molar refractivity (Wildman–Crippen MR) is 61.3 cm³/mol. The zero-order valence-corrected chi connectivity index (χ0v) is 10.7. The molecule has 6 nitrogen and oxygen atoms in total. The third-order valence-electron chi connectivity index (χ3n) is 1.75. The first-order valence-electron chi connectivity index (χ1n) is 4.42. The summed E-state index contributed by atoms with van der Waals surface area (Å²) >= 11 is 3.06. The van der Waals surface area contributed by atoms with Gasteiger partial charge in [-0.3, -0.25) is 4.79 Å². The van der Waals surface area contributed by atoms with E-state index in [1.807, 2.05) is 0 Å². The van der Waals surface area contributed by atoms with E-state index in [2.05, 4.69) is 21.2 Å². The molecule has 0 radical (unpaired) electrons. The van der Waals surface area contributed by atoms with Gasteiger partial charge in [0.25, 0.3) is 5.91 Å². The van der Waals surface area contributed by atoms with Gasteiger partial charge in [0.15, 0.2) is 4.67 Å². The van der Waals surface area contributed by atoms with Crippen LogP contribution in [0.25, 0.3) is 0 Å². The summed E-state index contributed by atoms with van der Waals surface area (Å²) in [6.45, 7) is 0.243. The van der Waals surface area contributed by atoms with Gasteiger partial charge >= 0.3 is 0 Å². The zero-order valence-electron chi connectivity index (χ0n) is 8.27. The number of furan rings is 1. The summed E-state index contributed by atoms with van der Waals surface area (Å²) in [7, 11) is -3.46. The number of sulfonamides is 1. The first kappa shape index (κ1) is 13.2. The van der Waals surface area contributed by atoms with Crippen LogP contribution in [0.2, 0.25) is 0 Å². The highest BCUT2D eigenvalue weighted by Gasteiger charge is 2.11. The normalized spacial score (nSPS) is 11.4. The van der Waals surface area contributed by atoms with Gasteiger partial charge in [-0.05, 0) is 28.4 Å². The number of hydrogen-bond donors (Lipinski definition) is 2. The van der Waals surface area contributed by atoms with Gasteiger partial charge < -0.3 is 9.73 Å². The molecule has 0 saturated carbocycles. The molecule has 3 N–H and O–H groups in total. The molecule has 8 heteroatoms. The first-order valence-corrected chi connectivity index (χ1v) is 6.92. The average molecular weight is 311 g/mol. The summed E-state index contributed by atoms with van der Waals surface area (Å²) < 4.78 is 26.4. The molecule has 0 aromatic carbocycles.